The van der Waals surface area contributed by atoms with E-state index >= 15 is 0 Å². The van der Waals surface area contributed by atoms with E-state index in [4.69, 9.17) is 64.0 Å². The van der Waals surface area contributed by atoms with Crippen LogP contribution in [-0.2, 0) is 54.6 Å². The lowest BCUT2D eigenvalue weighted by Crippen LogP contribution is -2.50. The number of benzene rings is 1. The lowest BCUT2D eigenvalue weighted by Gasteiger charge is -2.35. The first-order valence-corrected chi connectivity index (χ1v) is 22.4. The second kappa shape index (κ2) is 32.9. The molecule has 0 heterocycles. The molecule has 0 bridgehead atoms. The average Bonchev–Trinajstić information content (AvgIpc) is 3.21. The van der Waals surface area contributed by atoms with Crippen molar-refractivity contribution >= 4 is 41.8 Å². The molecule has 0 saturated heterocycles. The third kappa shape index (κ3) is 26.8. The van der Waals surface area contributed by atoms with Crippen molar-refractivity contribution in [3.63, 3.8) is 0 Å². The van der Waals surface area contributed by atoms with E-state index in [1.165, 1.54) is 24.3 Å². The third-order valence-corrected chi connectivity index (χ3v) is 11.7. The lowest BCUT2D eigenvalue weighted by atomic mass is 9.82. The molecule has 0 aliphatic carbocycles. The fraction of sp³-hybridized carbons (Fsp3) is 0.619. The van der Waals surface area contributed by atoms with E-state index < -0.39 is 17.9 Å². The summed E-state index contributed by atoms with van der Waals surface area (Å²) in [6.07, 6.45) is 16.6. The molecule has 15 nitrogen and oxygen atoms in total. The number of rotatable bonds is 36. The number of ketones is 1. The molecule has 0 fully saturated rings. The Morgan fingerprint density at radius 3 is 1.58 bits per heavy atom. The maximum Gasteiger partial charge on any atom is 0.251 e. The van der Waals surface area contributed by atoms with Gasteiger partial charge < -0.3 is 53.8 Å². The molecule has 1 unspecified atom stereocenters. The van der Waals surface area contributed by atoms with Crippen molar-refractivity contribution in [1.82, 2.24) is 16.0 Å². The van der Waals surface area contributed by atoms with Crippen LogP contribution in [-0.4, -0.2) is 132 Å². The number of hydrogen-bond acceptors (Lipinski definition) is 12. The minimum absolute atomic E-state index is 0.0182. The molecule has 1 atom stereocenters. The summed E-state index contributed by atoms with van der Waals surface area (Å²) >= 11 is 5.25. The van der Waals surface area contributed by atoms with Gasteiger partial charge in [-0.05, 0) is 61.8 Å². The minimum atomic E-state index is -3.10. The zero-order chi connectivity index (χ0) is 43.6. The summed E-state index contributed by atoms with van der Waals surface area (Å²) in [6, 6.07) is 6.14. The number of Topliss-reactive ketones (excluding diaryl/α,β-unsaturated/α-hetero) is 1. The van der Waals surface area contributed by atoms with Crippen molar-refractivity contribution in [3.05, 3.63) is 29.8 Å². The molecule has 0 aliphatic heterocycles. The van der Waals surface area contributed by atoms with Gasteiger partial charge in [0.1, 0.15) is 31.4 Å². The number of carbonyl (C=O) groups excluding carboxylic acids is 4. The Hall–Kier alpha value is -3.85. The predicted octanol–water partition coefficient (Wildman–Crippen LogP) is 3.17. The summed E-state index contributed by atoms with van der Waals surface area (Å²) in [5, 5.41) is 8.72. The Bertz CT molecular complexity index is 1440. The van der Waals surface area contributed by atoms with Gasteiger partial charge in [0.2, 0.25) is 18.3 Å². The Balaban J connectivity index is 3.14. The molecule has 1 rings (SSSR count). The Morgan fingerprint density at radius 1 is 0.678 bits per heavy atom. The molecule has 1 aromatic rings. The number of carbonyl (C=O) groups is 4. The highest BCUT2D eigenvalue weighted by atomic mass is 32.5. The smallest absolute Gasteiger partial charge is 0.251 e. The van der Waals surface area contributed by atoms with Gasteiger partial charge in [-0.1, -0.05) is 31.6 Å². The summed E-state index contributed by atoms with van der Waals surface area (Å²) < 4.78 is 37.7. The van der Waals surface area contributed by atoms with Gasteiger partial charge in [0.25, 0.3) is 5.91 Å². The molecule has 4 N–H and O–H groups in total. The Labute approximate surface area is 355 Å². The molecule has 0 spiro atoms. The van der Waals surface area contributed by atoms with Crippen LogP contribution in [0.2, 0.25) is 0 Å². The van der Waals surface area contributed by atoms with E-state index in [0.717, 1.165) is 0 Å². The SMILES string of the molecule is C#CCOCCOCCCC(=O)CCC(CCC(=O)NCCOCCOCC#C)(CCC(=O)NCCOCCOCC#C)NC(=O)c1ccc(OP(O)(=S)C(C)C)cc1. The van der Waals surface area contributed by atoms with Crippen LogP contribution >= 0.6 is 6.49 Å². The van der Waals surface area contributed by atoms with Gasteiger partial charge in [0.05, 0.1) is 52.9 Å². The zero-order valence-corrected chi connectivity index (χ0v) is 36.2. The van der Waals surface area contributed by atoms with E-state index in [2.05, 4.69) is 33.7 Å². The molecule has 328 valence electrons. The number of hydrogen-bond donors (Lipinski definition) is 4. The van der Waals surface area contributed by atoms with Crippen LogP contribution < -0.4 is 20.5 Å². The number of amides is 3. The van der Waals surface area contributed by atoms with E-state index in [-0.39, 0.29) is 120 Å². The maximum atomic E-state index is 13.9. The van der Waals surface area contributed by atoms with Gasteiger partial charge >= 0.3 is 0 Å². The van der Waals surface area contributed by atoms with Crippen molar-refractivity contribution < 1.29 is 57.0 Å². The van der Waals surface area contributed by atoms with E-state index in [9.17, 15) is 24.1 Å². The minimum Gasteiger partial charge on any atom is -0.443 e. The first-order chi connectivity index (χ1) is 28.4. The number of terminal acetylenes is 3. The first-order valence-electron chi connectivity index (χ1n) is 19.6. The van der Waals surface area contributed by atoms with Crippen LogP contribution in [0.25, 0.3) is 0 Å². The summed E-state index contributed by atoms with van der Waals surface area (Å²) in [5.74, 6) is 6.27. The van der Waals surface area contributed by atoms with Crippen LogP contribution in [0.4, 0.5) is 0 Å². The van der Waals surface area contributed by atoms with Gasteiger partial charge in [0.15, 0.2) is 0 Å². The molecular weight excluding hydrogens is 802 g/mol. The first kappa shape index (κ1) is 53.2. The second-order valence-electron chi connectivity index (χ2n) is 13.5. The van der Waals surface area contributed by atoms with Gasteiger partial charge in [-0.3, -0.25) is 19.2 Å². The van der Waals surface area contributed by atoms with Crippen molar-refractivity contribution in [3.8, 4) is 42.8 Å². The number of ether oxygens (including phenoxy) is 6. The fourth-order valence-electron chi connectivity index (χ4n) is 5.13. The van der Waals surface area contributed by atoms with Crippen LogP contribution in [0.5, 0.6) is 5.75 Å². The van der Waals surface area contributed by atoms with Crippen molar-refractivity contribution in [2.45, 2.75) is 76.4 Å². The Kier molecular flexibility index (Phi) is 29.7. The Morgan fingerprint density at radius 2 is 1.12 bits per heavy atom. The molecule has 0 radical (unpaired) electrons. The van der Waals surface area contributed by atoms with Crippen LogP contribution in [0, 0.1) is 37.0 Å². The summed E-state index contributed by atoms with van der Waals surface area (Å²) in [4.78, 5) is 63.8. The zero-order valence-electron chi connectivity index (χ0n) is 34.5. The van der Waals surface area contributed by atoms with E-state index in [1.807, 2.05) is 0 Å². The topological polar surface area (TPSA) is 189 Å². The van der Waals surface area contributed by atoms with E-state index in [0.29, 0.717) is 58.4 Å². The number of nitrogens with one attached hydrogen (secondary N) is 3. The molecule has 17 heteroatoms. The lowest BCUT2D eigenvalue weighted by molar-refractivity contribution is -0.121. The van der Waals surface area contributed by atoms with Gasteiger partial charge in [-0.15, -0.1) is 19.3 Å². The molecular formula is C42H62N3O12PS. The molecule has 0 aliphatic rings. The van der Waals surface area contributed by atoms with Crippen molar-refractivity contribution in [2.24, 2.45) is 0 Å². The largest absolute Gasteiger partial charge is 0.443 e. The molecule has 59 heavy (non-hydrogen) atoms. The average molecular weight is 864 g/mol. The highest BCUT2D eigenvalue weighted by Crippen LogP contribution is 2.47. The van der Waals surface area contributed by atoms with Crippen molar-refractivity contribution in [2.75, 3.05) is 92.4 Å². The van der Waals surface area contributed by atoms with E-state index in [1.54, 1.807) is 13.8 Å². The van der Waals surface area contributed by atoms with Crippen LogP contribution in [0.3, 0.4) is 0 Å². The molecule has 1 aromatic carbocycles. The maximum absolute atomic E-state index is 13.9. The van der Waals surface area contributed by atoms with Crippen LogP contribution in [0.15, 0.2) is 24.3 Å². The molecule has 0 aromatic heterocycles. The van der Waals surface area contributed by atoms with Crippen LogP contribution in [0.1, 0.15) is 75.6 Å². The van der Waals surface area contributed by atoms with Crippen molar-refractivity contribution in [1.29, 1.82) is 0 Å². The third-order valence-electron chi connectivity index (χ3n) is 8.48. The quantitative estimate of drug-likeness (QED) is 0.0438. The molecule has 3 amide bonds. The summed E-state index contributed by atoms with van der Waals surface area (Å²) in [7, 11) is 0. The second-order valence-corrected chi connectivity index (χ2v) is 17.4. The standard InChI is InChI=1S/C42H62N3O12PS/c1-6-23-51-29-32-54-26-9-10-37(46)15-18-42(19-16-39(47)43-21-27-55-33-30-52-24-7-2,20-17-40(48)44-22-28-56-34-31-53-25-8-3)45-41(49)36-11-13-38(14-12-36)57-58(50,59)35(4)5/h1-3,11-14,35H,9-10,15-34H2,4-5H3,(H,43,47)(H,44,48)(H,45,49)(H,50,59). The fourth-order valence-corrected chi connectivity index (χ4v) is 6.03. The monoisotopic (exact) mass is 863 g/mol. The highest BCUT2D eigenvalue weighted by Gasteiger charge is 2.34. The highest BCUT2D eigenvalue weighted by molar-refractivity contribution is 8.09. The molecule has 0 saturated carbocycles. The summed E-state index contributed by atoms with van der Waals surface area (Å²) in [6.45, 7) is 4.23. The normalized spacial score (nSPS) is 12.1. The van der Waals surface area contributed by atoms with Gasteiger partial charge in [0, 0.05) is 62.1 Å². The van der Waals surface area contributed by atoms with Gasteiger partial charge in [-0.25, -0.2) is 0 Å². The summed E-state index contributed by atoms with van der Waals surface area (Å²) in [5.41, 5.74) is -1.17. The predicted molar refractivity (Wildman–Crippen MR) is 228 cm³/mol. The van der Waals surface area contributed by atoms with Gasteiger partial charge in [-0.2, -0.15) is 0 Å².